The van der Waals surface area contributed by atoms with Crippen LogP contribution < -0.4 is 10.3 Å². The van der Waals surface area contributed by atoms with Crippen LogP contribution in [0.5, 0.6) is 5.75 Å². The standard InChI is InChI=1S/C11H9F3N4O2/c1-20-7-5-3-2-4-6(7)15-16-8-9(11(12,13)14)17-18-10(8)19/h2-5H,1H3,(H2,17,18,19). The average molecular weight is 286 g/mol. The summed E-state index contributed by atoms with van der Waals surface area (Å²) in [5.74, 6) is 0.330. The molecule has 0 aliphatic carbocycles. The number of methoxy groups -OCH3 is 1. The number of H-pyrrole nitrogens is 2. The van der Waals surface area contributed by atoms with Crippen LogP contribution in [0.4, 0.5) is 24.5 Å². The van der Waals surface area contributed by atoms with Crippen LogP contribution in [0.2, 0.25) is 0 Å². The van der Waals surface area contributed by atoms with E-state index < -0.39 is 23.1 Å². The molecule has 106 valence electrons. The Labute approximate surface area is 110 Å². The van der Waals surface area contributed by atoms with E-state index in [0.29, 0.717) is 5.75 Å². The molecule has 2 N–H and O–H groups in total. The highest BCUT2D eigenvalue weighted by Crippen LogP contribution is 2.34. The first-order valence-corrected chi connectivity index (χ1v) is 5.36. The molecule has 0 radical (unpaired) electrons. The van der Waals surface area contributed by atoms with Gasteiger partial charge in [0, 0.05) is 0 Å². The molecule has 0 spiro atoms. The average Bonchev–Trinajstić information content (AvgIpc) is 2.78. The summed E-state index contributed by atoms with van der Waals surface area (Å²) in [5.41, 5.74) is -2.90. The third-order valence-electron chi connectivity index (χ3n) is 2.38. The first-order chi connectivity index (χ1) is 9.43. The summed E-state index contributed by atoms with van der Waals surface area (Å²) in [7, 11) is 1.39. The maximum atomic E-state index is 12.6. The van der Waals surface area contributed by atoms with E-state index >= 15 is 0 Å². The zero-order chi connectivity index (χ0) is 14.8. The summed E-state index contributed by atoms with van der Waals surface area (Å²) in [5, 5.41) is 10.5. The molecule has 0 aliphatic rings. The smallest absolute Gasteiger partial charge is 0.435 e. The highest BCUT2D eigenvalue weighted by molar-refractivity contribution is 5.51. The van der Waals surface area contributed by atoms with Crippen LogP contribution in [0.1, 0.15) is 5.69 Å². The van der Waals surface area contributed by atoms with Gasteiger partial charge in [0.15, 0.2) is 11.4 Å². The normalized spacial score (nSPS) is 12.0. The molecule has 0 aliphatic heterocycles. The number of alkyl halides is 3. The minimum absolute atomic E-state index is 0.212. The first kappa shape index (κ1) is 13.8. The highest BCUT2D eigenvalue weighted by Gasteiger charge is 2.37. The van der Waals surface area contributed by atoms with Crippen LogP contribution in [-0.2, 0) is 6.18 Å². The Hall–Kier alpha value is -2.58. The number of rotatable bonds is 3. The Morgan fingerprint density at radius 1 is 1.15 bits per heavy atom. The van der Waals surface area contributed by atoms with Crippen molar-refractivity contribution in [2.75, 3.05) is 7.11 Å². The number of aromatic nitrogens is 2. The van der Waals surface area contributed by atoms with Crippen molar-refractivity contribution in [3.8, 4) is 5.75 Å². The number of hydrogen-bond donors (Lipinski definition) is 2. The van der Waals surface area contributed by atoms with Crippen LogP contribution in [0, 0.1) is 0 Å². The number of azo groups is 1. The summed E-state index contributed by atoms with van der Waals surface area (Å²) < 4.78 is 42.8. The van der Waals surface area contributed by atoms with E-state index in [9.17, 15) is 18.0 Å². The molecule has 1 heterocycles. The van der Waals surface area contributed by atoms with E-state index in [-0.39, 0.29) is 5.69 Å². The van der Waals surface area contributed by atoms with Crippen molar-refractivity contribution in [1.29, 1.82) is 0 Å². The van der Waals surface area contributed by atoms with Crippen molar-refractivity contribution in [2.24, 2.45) is 10.2 Å². The van der Waals surface area contributed by atoms with E-state index in [1.807, 2.05) is 5.10 Å². The second-order valence-corrected chi connectivity index (χ2v) is 3.67. The number of halogens is 3. The van der Waals surface area contributed by atoms with Gasteiger partial charge in [-0.15, -0.1) is 10.2 Å². The Morgan fingerprint density at radius 2 is 1.85 bits per heavy atom. The zero-order valence-electron chi connectivity index (χ0n) is 10.2. The lowest BCUT2D eigenvalue weighted by atomic mass is 10.3. The molecule has 9 heteroatoms. The van der Waals surface area contributed by atoms with Crippen LogP contribution in [0.25, 0.3) is 0 Å². The number of para-hydroxylation sites is 1. The SMILES string of the molecule is COc1ccccc1N=Nc1c(C(F)(F)F)[nH][nH]c1=O. The number of aromatic amines is 2. The van der Waals surface area contributed by atoms with Gasteiger partial charge in [-0.05, 0) is 12.1 Å². The molecule has 2 rings (SSSR count). The van der Waals surface area contributed by atoms with Gasteiger partial charge in [0.05, 0.1) is 7.11 Å². The fourth-order valence-corrected chi connectivity index (χ4v) is 1.47. The molecule has 2 aromatic rings. The predicted octanol–water partition coefficient (Wildman–Crippen LogP) is 3.15. The minimum Gasteiger partial charge on any atom is -0.494 e. The zero-order valence-corrected chi connectivity index (χ0v) is 10.2. The van der Waals surface area contributed by atoms with Gasteiger partial charge in [-0.1, -0.05) is 12.1 Å². The predicted molar refractivity (Wildman–Crippen MR) is 63.6 cm³/mol. The van der Waals surface area contributed by atoms with Gasteiger partial charge in [0.25, 0.3) is 5.56 Å². The molecule has 0 saturated heterocycles. The Morgan fingerprint density at radius 3 is 2.50 bits per heavy atom. The monoisotopic (exact) mass is 286 g/mol. The second kappa shape index (κ2) is 5.19. The van der Waals surface area contributed by atoms with Crippen molar-refractivity contribution in [3.63, 3.8) is 0 Å². The van der Waals surface area contributed by atoms with E-state index in [0.717, 1.165) is 0 Å². The van der Waals surface area contributed by atoms with Gasteiger partial charge in [0.2, 0.25) is 0 Å². The number of benzene rings is 1. The fourth-order valence-electron chi connectivity index (χ4n) is 1.47. The van der Waals surface area contributed by atoms with Crippen LogP contribution in [-0.4, -0.2) is 17.3 Å². The van der Waals surface area contributed by atoms with E-state index in [1.54, 1.807) is 23.3 Å². The van der Waals surface area contributed by atoms with Gasteiger partial charge < -0.3 is 4.74 Å². The number of nitrogens with zero attached hydrogens (tertiary/aromatic N) is 2. The third-order valence-corrected chi connectivity index (χ3v) is 2.38. The molecule has 1 aromatic carbocycles. The molecule has 0 amide bonds. The van der Waals surface area contributed by atoms with Crippen molar-refractivity contribution in [2.45, 2.75) is 6.18 Å². The molecule has 0 atom stereocenters. The quantitative estimate of drug-likeness (QED) is 0.850. The molecular weight excluding hydrogens is 277 g/mol. The Bertz CT molecular complexity index is 687. The second-order valence-electron chi connectivity index (χ2n) is 3.67. The van der Waals surface area contributed by atoms with Gasteiger partial charge >= 0.3 is 6.18 Å². The Balaban J connectivity index is 2.42. The molecule has 20 heavy (non-hydrogen) atoms. The molecule has 1 aromatic heterocycles. The number of nitrogens with one attached hydrogen (secondary N) is 2. The van der Waals surface area contributed by atoms with Crippen molar-refractivity contribution >= 4 is 11.4 Å². The lowest BCUT2D eigenvalue weighted by Gasteiger charge is -2.03. The number of hydrogen-bond acceptors (Lipinski definition) is 4. The first-order valence-electron chi connectivity index (χ1n) is 5.36. The third kappa shape index (κ3) is 2.71. The maximum Gasteiger partial charge on any atom is 0.435 e. The molecule has 0 unspecified atom stereocenters. The van der Waals surface area contributed by atoms with E-state index in [2.05, 4.69) is 10.2 Å². The maximum absolute atomic E-state index is 12.6. The van der Waals surface area contributed by atoms with Crippen LogP contribution in [0.3, 0.4) is 0 Å². The fraction of sp³-hybridized carbons (Fsp3) is 0.182. The van der Waals surface area contributed by atoms with Gasteiger partial charge in [-0.2, -0.15) is 13.2 Å². The van der Waals surface area contributed by atoms with Gasteiger partial charge in [-0.3, -0.25) is 15.0 Å². The van der Waals surface area contributed by atoms with Crippen molar-refractivity contribution in [1.82, 2.24) is 10.2 Å². The van der Waals surface area contributed by atoms with E-state index in [1.165, 1.54) is 13.2 Å². The Kier molecular flexibility index (Phi) is 3.59. The van der Waals surface area contributed by atoms with Gasteiger partial charge in [0.1, 0.15) is 11.4 Å². The summed E-state index contributed by atoms with van der Waals surface area (Å²) >= 11 is 0. The topological polar surface area (TPSA) is 82.6 Å². The molecular formula is C11H9F3N4O2. The summed E-state index contributed by atoms with van der Waals surface area (Å²) in [4.78, 5) is 11.3. The van der Waals surface area contributed by atoms with Crippen molar-refractivity contribution in [3.05, 3.63) is 40.3 Å². The molecule has 0 saturated carbocycles. The molecule has 0 bridgehead atoms. The van der Waals surface area contributed by atoms with E-state index in [4.69, 9.17) is 4.74 Å². The number of ether oxygens (including phenoxy) is 1. The lowest BCUT2D eigenvalue weighted by Crippen LogP contribution is -2.06. The van der Waals surface area contributed by atoms with Crippen molar-refractivity contribution < 1.29 is 17.9 Å². The lowest BCUT2D eigenvalue weighted by molar-refractivity contribution is -0.140. The molecule has 6 nitrogen and oxygen atoms in total. The summed E-state index contributed by atoms with van der Waals surface area (Å²) in [6, 6.07) is 6.35. The van der Waals surface area contributed by atoms with Crippen LogP contribution >= 0.6 is 0 Å². The van der Waals surface area contributed by atoms with Crippen LogP contribution in [0.15, 0.2) is 39.3 Å². The summed E-state index contributed by atoms with van der Waals surface area (Å²) in [6.45, 7) is 0. The highest BCUT2D eigenvalue weighted by atomic mass is 19.4. The van der Waals surface area contributed by atoms with Gasteiger partial charge in [-0.25, -0.2) is 0 Å². The molecule has 0 fully saturated rings. The summed E-state index contributed by atoms with van der Waals surface area (Å²) in [6.07, 6.45) is -4.73. The largest absolute Gasteiger partial charge is 0.494 e. The minimum atomic E-state index is -4.73.